The maximum atomic E-state index is 11.0. The molecule has 0 atom stereocenters. The third-order valence-corrected chi connectivity index (χ3v) is 3.35. The Morgan fingerprint density at radius 3 is 2.00 bits per heavy atom. The largest absolute Gasteiger partial charge is 0.466 e. The lowest BCUT2D eigenvalue weighted by atomic mass is 9.90. The van der Waals surface area contributed by atoms with E-state index in [1.54, 1.807) is 4.81 Å². The molecule has 1 rings (SSSR count). The Bertz CT molecular complexity index is 189. The van der Waals surface area contributed by atoms with Crippen LogP contribution in [0.4, 0.5) is 4.79 Å². The minimum absolute atomic E-state index is 0.269. The molecule has 4 heteroatoms. The zero-order valence-electron chi connectivity index (χ0n) is 9.74. The second kappa shape index (κ2) is 6.75. The van der Waals surface area contributed by atoms with Crippen LogP contribution in [0.2, 0.25) is 6.82 Å². The zero-order chi connectivity index (χ0) is 11.1. The van der Waals surface area contributed by atoms with Crippen LogP contribution in [0.5, 0.6) is 0 Å². The van der Waals surface area contributed by atoms with Gasteiger partial charge in [-0.3, -0.25) is 0 Å². The van der Waals surface area contributed by atoms with E-state index in [2.05, 4.69) is 0 Å². The summed E-state index contributed by atoms with van der Waals surface area (Å²) in [6.45, 7) is 1.93. The van der Waals surface area contributed by atoms with Crippen LogP contribution < -0.4 is 0 Å². The van der Waals surface area contributed by atoms with Crippen molar-refractivity contribution in [3.05, 3.63) is 0 Å². The second-order valence-electron chi connectivity index (χ2n) is 4.42. The van der Waals surface area contributed by atoms with Crippen molar-refractivity contribution < 1.29 is 9.90 Å². The summed E-state index contributed by atoms with van der Waals surface area (Å²) >= 11 is 0. The summed E-state index contributed by atoms with van der Waals surface area (Å²) in [5, 5.41) is 9.08. The third-order valence-electron chi connectivity index (χ3n) is 3.35. The molecule has 0 spiro atoms. The molecule has 1 aliphatic rings. The van der Waals surface area contributed by atoms with Crippen molar-refractivity contribution in [1.29, 1.82) is 0 Å². The van der Waals surface area contributed by atoms with Gasteiger partial charge in [0.05, 0.1) is 0 Å². The average Bonchev–Trinajstić information content (AvgIpc) is 2.32. The number of nitrogens with zero attached hydrogens (tertiary/aromatic N) is 1. The van der Waals surface area contributed by atoms with Crippen LogP contribution in [0.25, 0.3) is 0 Å². The maximum absolute atomic E-state index is 11.0. The summed E-state index contributed by atoms with van der Waals surface area (Å²) in [7, 11) is 0.625. The Labute approximate surface area is 93.1 Å². The lowest BCUT2D eigenvalue weighted by molar-refractivity contribution is 0.156. The number of amides is 1. The average molecular weight is 211 g/mol. The fraction of sp³-hybridized carbons (Fsp3) is 0.909. The van der Waals surface area contributed by atoms with E-state index in [1.165, 1.54) is 38.5 Å². The van der Waals surface area contributed by atoms with Gasteiger partial charge in [-0.1, -0.05) is 45.3 Å². The van der Waals surface area contributed by atoms with Crippen LogP contribution in [0, 0.1) is 0 Å². The Morgan fingerprint density at radius 1 is 1.13 bits per heavy atom. The van der Waals surface area contributed by atoms with Crippen LogP contribution in [0.1, 0.15) is 51.4 Å². The second-order valence-corrected chi connectivity index (χ2v) is 4.42. The van der Waals surface area contributed by atoms with Crippen LogP contribution in [-0.2, 0) is 0 Å². The topological polar surface area (TPSA) is 40.5 Å². The van der Waals surface area contributed by atoms with Crippen molar-refractivity contribution in [2.45, 2.75) is 64.2 Å². The monoisotopic (exact) mass is 211 g/mol. The number of carbonyl (C=O) groups is 1. The minimum atomic E-state index is -0.748. The van der Waals surface area contributed by atoms with E-state index < -0.39 is 6.09 Å². The summed E-state index contributed by atoms with van der Waals surface area (Å²) in [6.07, 6.45) is 8.93. The van der Waals surface area contributed by atoms with Crippen molar-refractivity contribution >= 4 is 13.5 Å². The van der Waals surface area contributed by atoms with Gasteiger partial charge in [0.15, 0.2) is 0 Å². The van der Waals surface area contributed by atoms with E-state index in [1.807, 2.05) is 6.82 Å². The van der Waals surface area contributed by atoms with Crippen molar-refractivity contribution in [1.82, 2.24) is 4.81 Å². The first-order valence-electron chi connectivity index (χ1n) is 6.25. The lowest BCUT2D eigenvalue weighted by Gasteiger charge is -2.28. The molecular weight excluding hydrogens is 189 g/mol. The molecule has 0 heterocycles. The Morgan fingerprint density at radius 2 is 1.60 bits per heavy atom. The van der Waals surface area contributed by atoms with Gasteiger partial charge < -0.3 is 9.92 Å². The molecule has 86 valence electrons. The molecule has 0 aromatic rings. The molecule has 0 unspecified atom stereocenters. The van der Waals surface area contributed by atoms with E-state index in [-0.39, 0.29) is 6.04 Å². The van der Waals surface area contributed by atoms with Gasteiger partial charge in [0.25, 0.3) is 0 Å². The summed E-state index contributed by atoms with van der Waals surface area (Å²) in [6, 6.07) is 0.269. The molecule has 0 radical (unpaired) electrons. The van der Waals surface area contributed by atoms with Gasteiger partial charge in [-0.25, -0.2) is 4.79 Å². The maximum Gasteiger partial charge on any atom is 0.394 e. The molecule has 0 aromatic carbocycles. The Kier molecular flexibility index (Phi) is 5.58. The highest BCUT2D eigenvalue weighted by Crippen LogP contribution is 2.20. The predicted molar refractivity (Wildman–Crippen MR) is 63.6 cm³/mol. The molecule has 15 heavy (non-hydrogen) atoms. The molecule has 0 saturated heterocycles. The summed E-state index contributed by atoms with van der Waals surface area (Å²) in [4.78, 5) is 12.7. The lowest BCUT2D eigenvalue weighted by Crippen LogP contribution is -2.41. The Hall–Kier alpha value is -0.665. The van der Waals surface area contributed by atoms with Crippen LogP contribution >= 0.6 is 0 Å². The number of hydrogen-bond acceptors (Lipinski definition) is 1. The van der Waals surface area contributed by atoms with Crippen molar-refractivity contribution in [2.24, 2.45) is 0 Å². The smallest absolute Gasteiger partial charge is 0.394 e. The number of carboxylic acid groups (broad SMARTS) is 1. The predicted octanol–water partition coefficient (Wildman–Crippen LogP) is 2.87. The van der Waals surface area contributed by atoms with E-state index in [0.717, 1.165) is 12.8 Å². The fourth-order valence-electron chi connectivity index (χ4n) is 2.47. The number of hydrogen-bond donors (Lipinski definition) is 1. The highest BCUT2D eigenvalue weighted by Gasteiger charge is 2.21. The fourth-order valence-corrected chi connectivity index (χ4v) is 2.47. The Balaban J connectivity index is 2.50. The van der Waals surface area contributed by atoms with E-state index in [9.17, 15) is 4.79 Å². The van der Waals surface area contributed by atoms with E-state index in [4.69, 9.17) is 5.11 Å². The SMILES string of the molecule is CBN(C(=O)O)C1CCCCCCCC1. The quantitative estimate of drug-likeness (QED) is 0.713. The van der Waals surface area contributed by atoms with Gasteiger partial charge in [-0.05, 0) is 12.8 Å². The van der Waals surface area contributed by atoms with Gasteiger partial charge in [0, 0.05) is 6.04 Å². The highest BCUT2D eigenvalue weighted by atomic mass is 16.4. The molecule has 3 nitrogen and oxygen atoms in total. The summed E-state index contributed by atoms with van der Waals surface area (Å²) < 4.78 is 0. The number of rotatable bonds is 2. The van der Waals surface area contributed by atoms with Crippen LogP contribution in [0.15, 0.2) is 0 Å². The van der Waals surface area contributed by atoms with Gasteiger partial charge in [0.2, 0.25) is 7.41 Å². The summed E-state index contributed by atoms with van der Waals surface area (Å²) in [5.74, 6) is 0. The van der Waals surface area contributed by atoms with Crippen LogP contribution in [0.3, 0.4) is 0 Å². The molecular formula is C11H22BNO2. The molecule has 0 bridgehead atoms. The molecule has 1 N–H and O–H groups in total. The van der Waals surface area contributed by atoms with Gasteiger partial charge in [-0.2, -0.15) is 0 Å². The first kappa shape index (κ1) is 12.4. The van der Waals surface area contributed by atoms with Crippen molar-refractivity contribution in [3.8, 4) is 0 Å². The van der Waals surface area contributed by atoms with Gasteiger partial charge in [-0.15, -0.1) is 0 Å². The standard InChI is InChI=1S/C11H22BNO2/c1-12-13(11(14)15)10-8-6-4-2-3-5-7-9-10/h10,12H,2-9H2,1H3,(H,14,15). The van der Waals surface area contributed by atoms with E-state index in [0.29, 0.717) is 7.41 Å². The van der Waals surface area contributed by atoms with Crippen LogP contribution in [-0.4, -0.2) is 29.5 Å². The summed E-state index contributed by atoms with van der Waals surface area (Å²) in [5.41, 5.74) is 0. The third kappa shape index (κ3) is 4.14. The van der Waals surface area contributed by atoms with Gasteiger partial charge in [0.1, 0.15) is 0 Å². The highest BCUT2D eigenvalue weighted by molar-refractivity contribution is 6.34. The first-order chi connectivity index (χ1) is 7.25. The van der Waals surface area contributed by atoms with Gasteiger partial charge >= 0.3 is 6.09 Å². The molecule has 1 aliphatic carbocycles. The van der Waals surface area contributed by atoms with Crippen molar-refractivity contribution in [2.75, 3.05) is 0 Å². The zero-order valence-corrected chi connectivity index (χ0v) is 9.74. The van der Waals surface area contributed by atoms with Crippen molar-refractivity contribution in [3.63, 3.8) is 0 Å². The molecule has 0 aromatic heterocycles. The normalized spacial score (nSPS) is 19.8. The molecule has 1 amide bonds. The molecule has 1 saturated carbocycles. The van der Waals surface area contributed by atoms with E-state index >= 15 is 0 Å². The first-order valence-corrected chi connectivity index (χ1v) is 6.25. The molecule has 1 fully saturated rings. The molecule has 0 aliphatic heterocycles. The minimum Gasteiger partial charge on any atom is -0.466 e.